The summed E-state index contributed by atoms with van der Waals surface area (Å²) >= 11 is 0. The topological polar surface area (TPSA) is 57.7 Å². The largest absolute Gasteiger partial charge is 0.383 e. The van der Waals surface area contributed by atoms with Gasteiger partial charge in [0.15, 0.2) is 0 Å². The summed E-state index contributed by atoms with van der Waals surface area (Å²) in [5.41, 5.74) is 4.49. The van der Waals surface area contributed by atoms with Crippen molar-refractivity contribution >= 4 is 17.2 Å². The molecule has 1 fully saturated rings. The van der Waals surface area contributed by atoms with Gasteiger partial charge in [0.2, 0.25) is 5.91 Å². The van der Waals surface area contributed by atoms with Crippen LogP contribution in [-0.2, 0) is 14.9 Å². The lowest BCUT2D eigenvalue weighted by atomic mass is 9.88. The number of hydrogen-bond donors (Lipinski definition) is 1. The third-order valence-electron chi connectivity index (χ3n) is 6.55. The number of piperazine rings is 1. The SMILES string of the molecule is COC[C@H]1CN[C@H](C)CN1CC(=O)N1CC(C)(C)c2cnc(C3=CCCC3)cc21. The minimum absolute atomic E-state index is 0.0801. The maximum absolute atomic E-state index is 13.4. The van der Waals surface area contributed by atoms with Crippen LogP contribution in [0.4, 0.5) is 5.69 Å². The quantitative estimate of drug-likeness (QED) is 0.826. The molecule has 29 heavy (non-hydrogen) atoms. The molecule has 1 aliphatic carbocycles. The van der Waals surface area contributed by atoms with Gasteiger partial charge in [-0.3, -0.25) is 14.7 Å². The first-order valence-electron chi connectivity index (χ1n) is 10.9. The Hall–Kier alpha value is -1.76. The van der Waals surface area contributed by atoms with E-state index in [1.807, 2.05) is 11.1 Å². The molecule has 158 valence electrons. The van der Waals surface area contributed by atoms with Crippen molar-refractivity contribution in [3.8, 4) is 0 Å². The molecular weight excluding hydrogens is 364 g/mol. The van der Waals surface area contributed by atoms with Crippen LogP contribution in [-0.4, -0.2) is 67.8 Å². The van der Waals surface area contributed by atoms with Crippen molar-refractivity contribution < 1.29 is 9.53 Å². The molecule has 6 heteroatoms. The van der Waals surface area contributed by atoms with Gasteiger partial charge in [0.05, 0.1) is 24.5 Å². The maximum atomic E-state index is 13.4. The average molecular weight is 399 g/mol. The summed E-state index contributed by atoms with van der Waals surface area (Å²) in [4.78, 5) is 22.5. The first kappa shape index (κ1) is 20.5. The van der Waals surface area contributed by atoms with Crippen LogP contribution >= 0.6 is 0 Å². The molecule has 3 aliphatic rings. The minimum atomic E-state index is -0.0801. The number of hydrogen-bond acceptors (Lipinski definition) is 5. The second-order valence-corrected chi connectivity index (χ2v) is 9.42. The van der Waals surface area contributed by atoms with Crippen LogP contribution in [0.15, 0.2) is 18.3 Å². The van der Waals surface area contributed by atoms with Crippen molar-refractivity contribution in [1.82, 2.24) is 15.2 Å². The van der Waals surface area contributed by atoms with Gasteiger partial charge >= 0.3 is 0 Å². The highest BCUT2D eigenvalue weighted by Gasteiger charge is 2.40. The Bertz CT molecular complexity index is 804. The van der Waals surface area contributed by atoms with Gasteiger partial charge in [0.1, 0.15) is 0 Å². The molecular formula is C23H34N4O2. The average Bonchev–Trinajstić information content (AvgIpc) is 3.30. The van der Waals surface area contributed by atoms with Gasteiger partial charge in [-0.25, -0.2) is 0 Å². The summed E-state index contributed by atoms with van der Waals surface area (Å²) in [6, 6.07) is 2.75. The lowest BCUT2D eigenvalue weighted by molar-refractivity contribution is -0.121. The zero-order chi connectivity index (χ0) is 20.6. The molecule has 1 saturated heterocycles. The van der Waals surface area contributed by atoms with E-state index in [9.17, 15) is 4.79 Å². The second kappa shape index (κ2) is 8.17. The van der Waals surface area contributed by atoms with Crippen molar-refractivity contribution in [1.29, 1.82) is 0 Å². The molecule has 0 saturated carbocycles. The van der Waals surface area contributed by atoms with E-state index in [0.29, 0.717) is 25.7 Å². The smallest absolute Gasteiger partial charge is 0.241 e. The van der Waals surface area contributed by atoms with Gasteiger partial charge in [-0.15, -0.1) is 0 Å². The van der Waals surface area contributed by atoms with Crippen LogP contribution in [0.2, 0.25) is 0 Å². The predicted octanol–water partition coefficient (Wildman–Crippen LogP) is 2.58. The Labute approximate surface area is 174 Å². The van der Waals surface area contributed by atoms with E-state index >= 15 is 0 Å². The van der Waals surface area contributed by atoms with Gasteiger partial charge in [-0.1, -0.05) is 19.9 Å². The fourth-order valence-corrected chi connectivity index (χ4v) is 4.90. The van der Waals surface area contributed by atoms with E-state index in [0.717, 1.165) is 37.3 Å². The number of carbonyl (C=O) groups excluding carboxylic acids is 1. The number of ether oxygens (including phenoxy) is 1. The first-order chi connectivity index (χ1) is 13.9. The third-order valence-corrected chi connectivity index (χ3v) is 6.55. The highest BCUT2D eigenvalue weighted by atomic mass is 16.5. The molecule has 1 aromatic heterocycles. The zero-order valence-corrected chi connectivity index (χ0v) is 18.2. The lowest BCUT2D eigenvalue weighted by Crippen LogP contribution is -2.59. The van der Waals surface area contributed by atoms with Crippen LogP contribution in [0.5, 0.6) is 0 Å². The van der Waals surface area contributed by atoms with Crippen LogP contribution in [0, 0.1) is 0 Å². The summed E-state index contributed by atoms with van der Waals surface area (Å²) in [5.74, 6) is 0.171. The van der Waals surface area contributed by atoms with Crippen LogP contribution in [0.1, 0.15) is 51.3 Å². The molecule has 2 atom stereocenters. The van der Waals surface area contributed by atoms with Crippen molar-refractivity contribution in [2.45, 2.75) is 57.5 Å². The Kier molecular flexibility index (Phi) is 5.78. The molecule has 1 aromatic rings. The van der Waals surface area contributed by atoms with Gasteiger partial charge in [-0.2, -0.15) is 0 Å². The number of pyridine rings is 1. The van der Waals surface area contributed by atoms with E-state index in [-0.39, 0.29) is 17.4 Å². The summed E-state index contributed by atoms with van der Waals surface area (Å²) < 4.78 is 5.39. The molecule has 1 amide bonds. The van der Waals surface area contributed by atoms with Gasteiger partial charge < -0.3 is 15.0 Å². The Morgan fingerprint density at radius 2 is 2.24 bits per heavy atom. The van der Waals surface area contributed by atoms with E-state index in [1.54, 1.807) is 7.11 Å². The minimum Gasteiger partial charge on any atom is -0.383 e. The van der Waals surface area contributed by atoms with Gasteiger partial charge in [0.25, 0.3) is 0 Å². The number of allylic oxidation sites excluding steroid dienone is 2. The van der Waals surface area contributed by atoms with Crippen molar-refractivity contribution in [3.05, 3.63) is 29.6 Å². The Morgan fingerprint density at radius 1 is 1.41 bits per heavy atom. The first-order valence-corrected chi connectivity index (χ1v) is 10.9. The molecule has 2 aliphatic heterocycles. The van der Waals surface area contributed by atoms with Crippen molar-refractivity contribution in [3.63, 3.8) is 0 Å². The maximum Gasteiger partial charge on any atom is 0.241 e. The number of methoxy groups -OCH3 is 1. The van der Waals surface area contributed by atoms with E-state index < -0.39 is 0 Å². The fourth-order valence-electron chi connectivity index (χ4n) is 4.90. The standard InChI is InChI=1S/C23H34N4O2/c1-16-12-26(18(10-24-16)14-29-4)13-22(28)27-15-23(2,3)19-11-25-20(9-21(19)27)17-7-5-6-8-17/h7,9,11,16,18,24H,5-6,8,10,12-15H2,1-4H3/t16-,18-/m1/s1. The number of aromatic nitrogens is 1. The van der Waals surface area contributed by atoms with E-state index in [2.05, 4.69) is 43.1 Å². The molecule has 0 bridgehead atoms. The molecule has 1 N–H and O–H groups in total. The zero-order valence-electron chi connectivity index (χ0n) is 18.2. The summed E-state index contributed by atoms with van der Waals surface area (Å²) in [6.45, 7) is 10.1. The normalized spacial score (nSPS) is 26.5. The molecule has 0 radical (unpaired) electrons. The van der Waals surface area contributed by atoms with E-state index in [1.165, 1.54) is 17.6 Å². The summed E-state index contributed by atoms with van der Waals surface area (Å²) in [6.07, 6.45) is 7.70. The molecule has 0 spiro atoms. The monoisotopic (exact) mass is 398 g/mol. The Balaban J connectivity index is 1.57. The van der Waals surface area contributed by atoms with E-state index in [4.69, 9.17) is 9.72 Å². The number of fused-ring (bicyclic) bond motifs is 1. The van der Waals surface area contributed by atoms with Crippen LogP contribution in [0.25, 0.3) is 5.57 Å². The predicted molar refractivity (Wildman–Crippen MR) is 116 cm³/mol. The number of carbonyl (C=O) groups is 1. The molecule has 4 rings (SSSR count). The van der Waals surface area contributed by atoms with Gasteiger partial charge in [0, 0.05) is 56.0 Å². The number of amides is 1. The number of anilines is 1. The summed E-state index contributed by atoms with van der Waals surface area (Å²) in [5, 5.41) is 3.50. The van der Waals surface area contributed by atoms with Crippen molar-refractivity contribution in [2.75, 3.05) is 44.8 Å². The van der Waals surface area contributed by atoms with Gasteiger partial charge in [-0.05, 0) is 37.8 Å². The highest BCUT2D eigenvalue weighted by molar-refractivity contribution is 5.98. The van der Waals surface area contributed by atoms with Crippen molar-refractivity contribution in [2.24, 2.45) is 0 Å². The highest BCUT2D eigenvalue weighted by Crippen LogP contribution is 2.42. The molecule has 0 unspecified atom stereocenters. The molecule has 0 aromatic carbocycles. The second-order valence-electron chi connectivity index (χ2n) is 9.42. The van der Waals surface area contributed by atoms with Crippen LogP contribution < -0.4 is 10.2 Å². The number of nitrogens with one attached hydrogen (secondary N) is 1. The number of rotatable bonds is 5. The molecule has 3 heterocycles. The lowest BCUT2D eigenvalue weighted by Gasteiger charge is -2.39. The summed E-state index contributed by atoms with van der Waals surface area (Å²) in [7, 11) is 1.73. The fraction of sp³-hybridized carbons (Fsp3) is 0.652. The number of nitrogens with zero attached hydrogens (tertiary/aromatic N) is 3. The third kappa shape index (κ3) is 4.11. The van der Waals surface area contributed by atoms with Crippen LogP contribution in [0.3, 0.4) is 0 Å². The Morgan fingerprint density at radius 3 is 2.97 bits per heavy atom. The molecule has 6 nitrogen and oxygen atoms in total.